The van der Waals surface area contributed by atoms with E-state index in [1.165, 1.54) is 21.0 Å². The summed E-state index contributed by atoms with van der Waals surface area (Å²) in [5, 5.41) is 11.7. The number of carboxylic acids is 1. The zero-order valence-electron chi connectivity index (χ0n) is 12.9. The van der Waals surface area contributed by atoms with Crippen molar-refractivity contribution in [3.8, 4) is 0 Å². The number of carbonyl (C=O) groups is 1. The first-order valence-electron chi connectivity index (χ1n) is 7.41. The van der Waals surface area contributed by atoms with Crippen molar-refractivity contribution >= 4 is 33.1 Å². The van der Waals surface area contributed by atoms with Gasteiger partial charge in [-0.05, 0) is 18.6 Å². The Kier molecular flexibility index (Phi) is 3.40. The van der Waals surface area contributed by atoms with Crippen molar-refractivity contribution < 1.29 is 14.7 Å². The van der Waals surface area contributed by atoms with Gasteiger partial charge in [0.25, 0.3) is 5.56 Å². The van der Waals surface area contributed by atoms with Crippen molar-refractivity contribution in [3.63, 3.8) is 0 Å². The molecule has 0 amide bonds. The zero-order chi connectivity index (χ0) is 16.8. The third-order valence-corrected chi connectivity index (χ3v) is 5.05. The lowest BCUT2D eigenvalue weighted by Crippen LogP contribution is -2.22. The topological polar surface area (TPSA) is 71.8 Å². The lowest BCUT2D eigenvalue weighted by Gasteiger charge is -2.17. The molecule has 1 N–H and O–H groups in total. The van der Waals surface area contributed by atoms with Gasteiger partial charge in [-0.3, -0.25) is 14.2 Å². The van der Waals surface area contributed by atoms with Crippen molar-refractivity contribution in [2.24, 2.45) is 0 Å². The van der Waals surface area contributed by atoms with Crippen LogP contribution in [0.15, 0.2) is 41.2 Å². The molecule has 1 aliphatic heterocycles. The highest BCUT2D eigenvalue weighted by Gasteiger charge is 2.32. The smallest absolute Gasteiger partial charge is 0.354 e. The van der Waals surface area contributed by atoms with E-state index in [9.17, 15) is 14.7 Å². The fourth-order valence-electron chi connectivity index (χ4n) is 2.95. The van der Waals surface area contributed by atoms with Crippen molar-refractivity contribution in [1.29, 1.82) is 0 Å². The van der Waals surface area contributed by atoms with E-state index in [2.05, 4.69) is 0 Å². The minimum atomic E-state index is -1.10. The number of aromatic nitrogens is 1. The average molecular weight is 342 g/mol. The SMILES string of the molecule is Cc1cc2c3c(=O)n(c(C(=O)O)c2s1)CN3OCc1ccccc1. The van der Waals surface area contributed by atoms with Gasteiger partial charge in [-0.15, -0.1) is 11.3 Å². The third-order valence-electron chi connectivity index (χ3n) is 3.99. The molecule has 0 spiro atoms. The second kappa shape index (κ2) is 5.47. The molecule has 0 fully saturated rings. The van der Waals surface area contributed by atoms with Crippen LogP contribution in [0, 0.1) is 6.92 Å². The summed E-state index contributed by atoms with van der Waals surface area (Å²) in [4.78, 5) is 31.0. The van der Waals surface area contributed by atoms with Crippen LogP contribution in [-0.2, 0) is 18.1 Å². The first-order chi connectivity index (χ1) is 11.6. The van der Waals surface area contributed by atoms with E-state index in [1.807, 2.05) is 43.3 Å². The molecular formula is C17H14N2O4S. The molecule has 2 aromatic heterocycles. The molecule has 0 saturated carbocycles. The first-order valence-corrected chi connectivity index (χ1v) is 8.22. The number of aryl methyl sites for hydroxylation is 1. The van der Waals surface area contributed by atoms with E-state index in [0.29, 0.717) is 22.4 Å². The molecule has 0 saturated heterocycles. The molecular weight excluding hydrogens is 328 g/mol. The van der Waals surface area contributed by atoms with E-state index >= 15 is 0 Å². The summed E-state index contributed by atoms with van der Waals surface area (Å²) in [5.41, 5.74) is 1.09. The minimum Gasteiger partial charge on any atom is -0.477 e. The predicted octanol–water partition coefficient (Wildman–Crippen LogP) is 2.98. The van der Waals surface area contributed by atoms with Crippen LogP contribution in [0.4, 0.5) is 5.69 Å². The molecule has 0 radical (unpaired) electrons. The second-order valence-electron chi connectivity index (χ2n) is 5.61. The van der Waals surface area contributed by atoms with Crippen LogP contribution >= 0.6 is 11.3 Å². The molecule has 6 nitrogen and oxygen atoms in total. The minimum absolute atomic E-state index is 0.0302. The Morgan fingerprint density at radius 3 is 2.79 bits per heavy atom. The van der Waals surface area contributed by atoms with Crippen LogP contribution in [0.1, 0.15) is 20.9 Å². The average Bonchev–Trinajstić information content (AvgIpc) is 3.03. The summed E-state index contributed by atoms with van der Waals surface area (Å²) < 4.78 is 1.88. The van der Waals surface area contributed by atoms with Crippen LogP contribution < -0.4 is 10.6 Å². The summed E-state index contributed by atoms with van der Waals surface area (Å²) in [7, 11) is 0. The Morgan fingerprint density at radius 2 is 2.08 bits per heavy atom. The summed E-state index contributed by atoms with van der Waals surface area (Å²) in [6, 6.07) is 11.5. The van der Waals surface area contributed by atoms with Gasteiger partial charge in [0.2, 0.25) is 0 Å². The molecule has 2 bridgehead atoms. The van der Waals surface area contributed by atoms with Crippen LogP contribution in [0.25, 0.3) is 10.1 Å². The summed E-state index contributed by atoms with van der Waals surface area (Å²) >= 11 is 1.38. The standard InChI is InChI=1S/C17H14N2O4S/c1-10-7-12-13-16(20)18(14(17(21)22)15(12)24-10)9-19(13)23-8-11-5-3-2-4-6-11/h2-7H,8-9H2,1H3,(H,21,22). The molecule has 0 atom stereocenters. The number of aromatic carboxylic acids is 1. The van der Waals surface area contributed by atoms with E-state index in [1.54, 1.807) is 0 Å². The van der Waals surface area contributed by atoms with Gasteiger partial charge in [0.15, 0.2) is 0 Å². The monoisotopic (exact) mass is 342 g/mol. The van der Waals surface area contributed by atoms with Gasteiger partial charge in [-0.25, -0.2) is 9.86 Å². The number of hydrogen-bond acceptors (Lipinski definition) is 5. The Bertz CT molecular complexity index is 1010. The van der Waals surface area contributed by atoms with Crippen LogP contribution in [0.3, 0.4) is 0 Å². The number of thiophene rings is 1. The second-order valence-corrected chi connectivity index (χ2v) is 6.87. The first kappa shape index (κ1) is 14.9. The molecule has 0 aliphatic carbocycles. The molecule has 4 rings (SSSR count). The van der Waals surface area contributed by atoms with Crippen molar-refractivity contribution in [1.82, 2.24) is 4.57 Å². The van der Waals surface area contributed by atoms with Crippen LogP contribution in [0.5, 0.6) is 0 Å². The Labute approximate surface area is 141 Å². The number of rotatable bonds is 4. The van der Waals surface area contributed by atoms with Gasteiger partial charge in [0.05, 0.1) is 4.70 Å². The Balaban J connectivity index is 1.77. The maximum Gasteiger partial charge on any atom is 0.354 e. The number of benzene rings is 1. The number of anilines is 1. The Morgan fingerprint density at radius 1 is 1.33 bits per heavy atom. The molecule has 24 heavy (non-hydrogen) atoms. The van der Waals surface area contributed by atoms with Gasteiger partial charge in [-0.2, -0.15) is 0 Å². The lowest BCUT2D eigenvalue weighted by atomic mass is 10.2. The highest BCUT2D eigenvalue weighted by molar-refractivity contribution is 7.19. The molecule has 3 heterocycles. The molecule has 1 aromatic carbocycles. The highest BCUT2D eigenvalue weighted by atomic mass is 32.1. The van der Waals surface area contributed by atoms with E-state index < -0.39 is 5.97 Å². The van der Waals surface area contributed by atoms with Gasteiger partial charge < -0.3 is 5.11 Å². The van der Waals surface area contributed by atoms with Gasteiger partial charge in [0, 0.05) is 10.3 Å². The quantitative estimate of drug-likeness (QED) is 0.789. The normalized spacial score (nSPS) is 13.0. The number of hydrogen-bond donors (Lipinski definition) is 1. The van der Waals surface area contributed by atoms with Crippen LogP contribution in [-0.4, -0.2) is 15.6 Å². The summed E-state index contributed by atoms with van der Waals surface area (Å²) in [6.45, 7) is 2.29. The molecule has 3 aromatic rings. The summed E-state index contributed by atoms with van der Waals surface area (Å²) in [6.07, 6.45) is 0. The molecule has 1 aliphatic rings. The highest BCUT2D eigenvalue weighted by Crippen LogP contribution is 2.36. The van der Waals surface area contributed by atoms with Gasteiger partial charge >= 0.3 is 5.97 Å². The van der Waals surface area contributed by atoms with Crippen molar-refractivity contribution in [3.05, 3.63) is 62.9 Å². The van der Waals surface area contributed by atoms with E-state index in [-0.39, 0.29) is 17.9 Å². The number of fused-ring (bicyclic) bond motifs is 4. The molecule has 122 valence electrons. The fourth-order valence-corrected chi connectivity index (χ4v) is 4.01. The number of nitrogens with zero attached hydrogens (tertiary/aromatic N) is 2. The maximum atomic E-state index is 12.6. The van der Waals surface area contributed by atoms with Crippen LogP contribution in [0.2, 0.25) is 0 Å². The molecule has 7 heteroatoms. The van der Waals surface area contributed by atoms with E-state index in [4.69, 9.17) is 4.84 Å². The predicted molar refractivity (Wildman–Crippen MR) is 91.5 cm³/mol. The van der Waals surface area contributed by atoms with Crippen molar-refractivity contribution in [2.75, 3.05) is 5.06 Å². The molecule has 0 unspecified atom stereocenters. The largest absolute Gasteiger partial charge is 0.477 e. The Hall–Kier alpha value is -2.64. The number of pyridine rings is 1. The summed E-state index contributed by atoms with van der Waals surface area (Å²) in [5.74, 6) is -1.10. The maximum absolute atomic E-state index is 12.6. The van der Waals surface area contributed by atoms with Gasteiger partial charge in [0.1, 0.15) is 24.7 Å². The lowest BCUT2D eigenvalue weighted by molar-refractivity contribution is 0.0674. The number of hydroxylamine groups is 1. The van der Waals surface area contributed by atoms with E-state index in [0.717, 1.165) is 10.4 Å². The number of carboxylic acid groups (broad SMARTS) is 1. The van der Waals surface area contributed by atoms with Gasteiger partial charge in [-0.1, -0.05) is 30.3 Å². The zero-order valence-corrected chi connectivity index (χ0v) is 13.7. The van der Waals surface area contributed by atoms with Crippen molar-refractivity contribution in [2.45, 2.75) is 20.2 Å². The fraction of sp³-hybridized carbons (Fsp3) is 0.176. The third kappa shape index (κ3) is 2.21.